The summed E-state index contributed by atoms with van der Waals surface area (Å²) in [5.41, 5.74) is 4.24. The molecule has 0 unspecified atom stereocenters. The van der Waals surface area contributed by atoms with Crippen molar-refractivity contribution in [2.24, 2.45) is 5.10 Å². The Morgan fingerprint density at radius 1 is 1.16 bits per heavy atom. The molecule has 12 heteroatoms. The number of nitrogens with one attached hydrogen (secondary N) is 3. The number of nitrogens with zero attached hydrogens (tertiary/aromatic N) is 1. The fourth-order valence-corrected chi connectivity index (χ4v) is 3.85. The van der Waals surface area contributed by atoms with E-state index < -0.39 is 11.8 Å². The van der Waals surface area contributed by atoms with E-state index in [1.165, 1.54) is 13.3 Å². The number of aryl methyl sites for hydroxylation is 1. The van der Waals surface area contributed by atoms with Crippen LogP contribution in [0.4, 0.5) is 5.69 Å². The predicted octanol–water partition coefficient (Wildman–Crippen LogP) is 3.66. The molecule has 2 rings (SSSR count). The number of carbonyl (C=O) groups excluding carboxylic acids is 3. The molecule has 0 radical (unpaired) electrons. The van der Waals surface area contributed by atoms with Crippen molar-refractivity contribution in [3.63, 3.8) is 0 Å². The second kappa shape index (κ2) is 15.4. The highest BCUT2D eigenvalue weighted by molar-refractivity contribution is 14.1. The van der Waals surface area contributed by atoms with Crippen molar-refractivity contribution in [2.75, 3.05) is 32.2 Å². The molecule has 3 N–H and O–H groups in total. The molecule has 0 saturated carbocycles. The van der Waals surface area contributed by atoms with Crippen LogP contribution in [-0.4, -0.2) is 56.9 Å². The normalized spacial score (nSPS) is 10.9. The molecule has 2 aromatic rings. The minimum Gasteiger partial charge on any atom is -0.493 e. The number of hydrazone groups is 1. The van der Waals surface area contributed by atoms with E-state index in [4.69, 9.17) is 25.8 Å². The van der Waals surface area contributed by atoms with E-state index >= 15 is 0 Å². The topological polar surface area (TPSA) is 127 Å². The van der Waals surface area contributed by atoms with Gasteiger partial charge in [0.2, 0.25) is 0 Å². The number of methoxy groups -OCH3 is 1. The molecule has 200 valence electrons. The van der Waals surface area contributed by atoms with E-state index in [9.17, 15) is 14.4 Å². The van der Waals surface area contributed by atoms with Gasteiger partial charge in [-0.1, -0.05) is 17.7 Å². The highest BCUT2D eigenvalue weighted by Gasteiger charge is 2.15. The zero-order chi connectivity index (χ0) is 27.4. The summed E-state index contributed by atoms with van der Waals surface area (Å²) >= 11 is 8.04. The summed E-state index contributed by atoms with van der Waals surface area (Å²) in [5, 5.41) is 9.61. The molecule has 0 aromatic heterocycles. The second-order valence-corrected chi connectivity index (χ2v) is 9.66. The molecular formula is C25H30ClIN4O6. The Balaban J connectivity index is 1.90. The summed E-state index contributed by atoms with van der Waals surface area (Å²) in [6.45, 7) is 6.26. The monoisotopic (exact) mass is 644 g/mol. The van der Waals surface area contributed by atoms with Gasteiger partial charge in [0.15, 0.2) is 18.1 Å². The Morgan fingerprint density at radius 3 is 2.62 bits per heavy atom. The minimum atomic E-state index is -0.886. The number of anilines is 1. The quantitative estimate of drug-likeness (QED) is 0.106. The van der Waals surface area contributed by atoms with Gasteiger partial charge in [0.25, 0.3) is 5.91 Å². The van der Waals surface area contributed by atoms with Crippen molar-refractivity contribution >= 4 is 63.8 Å². The standard InChI is InChI=1S/C25H30ClIN4O6/c1-15(2)36-9-5-8-28-24(33)25(34)31-29-13-17-10-19(27)23(21(11-17)35-4)37-14-22(32)30-20-12-18(26)7-6-16(20)3/h6-7,10-13,15H,5,8-9,14H2,1-4H3,(H,28,33)(H,30,32)(H,31,34)/b29-13-. The van der Waals surface area contributed by atoms with E-state index in [0.717, 1.165) is 5.56 Å². The first-order valence-electron chi connectivity index (χ1n) is 11.4. The summed E-state index contributed by atoms with van der Waals surface area (Å²) in [5.74, 6) is -1.29. The van der Waals surface area contributed by atoms with Crippen molar-refractivity contribution in [1.82, 2.24) is 10.7 Å². The summed E-state index contributed by atoms with van der Waals surface area (Å²) in [7, 11) is 1.47. The van der Waals surface area contributed by atoms with Gasteiger partial charge in [-0.3, -0.25) is 14.4 Å². The molecule has 0 fully saturated rings. The van der Waals surface area contributed by atoms with Crippen molar-refractivity contribution < 1.29 is 28.6 Å². The lowest BCUT2D eigenvalue weighted by atomic mass is 10.2. The van der Waals surface area contributed by atoms with Gasteiger partial charge in [-0.2, -0.15) is 5.10 Å². The number of carbonyl (C=O) groups is 3. The molecule has 0 spiro atoms. The average molecular weight is 645 g/mol. The molecule has 10 nitrogen and oxygen atoms in total. The Labute approximate surface area is 234 Å². The van der Waals surface area contributed by atoms with E-state index in [-0.39, 0.29) is 18.6 Å². The molecule has 0 aliphatic heterocycles. The third-order valence-corrected chi connectivity index (χ3v) is 5.75. The first-order chi connectivity index (χ1) is 17.6. The second-order valence-electron chi connectivity index (χ2n) is 8.06. The number of ether oxygens (including phenoxy) is 3. The third-order valence-electron chi connectivity index (χ3n) is 4.72. The summed E-state index contributed by atoms with van der Waals surface area (Å²) in [6.07, 6.45) is 2.07. The SMILES string of the molecule is COc1cc(/C=N\NC(=O)C(=O)NCCCOC(C)C)cc(I)c1OCC(=O)Nc1cc(Cl)ccc1C. The third kappa shape index (κ3) is 10.5. The van der Waals surface area contributed by atoms with Crippen LogP contribution in [0.15, 0.2) is 35.4 Å². The summed E-state index contributed by atoms with van der Waals surface area (Å²) in [6, 6.07) is 8.57. The summed E-state index contributed by atoms with van der Waals surface area (Å²) in [4.78, 5) is 36.1. The fraction of sp³-hybridized carbons (Fsp3) is 0.360. The smallest absolute Gasteiger partial charge is 0.329 e. The summed E-state index contributed by atoms with van der Waals surface area (Å²) < 4.78 is 17.1. The molecule has 0 bridgehead atoms. The Morgan fingerprint density at radius 2 is 1.92 bits per heavy atom. The van der Waals surface area contributed by atoms with Crippen LogP contribution in [-0.2, 0) is 19.1 Å². The molecule has 37 heavy (non-hydrogen) atoms. The number of halogens is 2. The maximum absolute atomic E-state index is 12.4. The molecular weight excluding hydrogens is 615 g/mol. The molecule has 0 atom stereocenters. The van der Waals surface area contributed by atoms with Crippen LogP contribution < -0.4 is 25.5 Å². The number of rotatable bonds is 12. The molecule has 2 aromatic carbocycles. The van der Waals surface area contributed by atoms with Gasteiger partial charge in [-0.15, -0.1) is 0 Å². The highest BCUT2D eigenvalue weighted by Crippen LogP contribution is 2.33. The van der Waals surface area contributed by atoms with Crippen LogP contribution in [0.2, 0.25) is 5.02 Å². The lowest BCUT2D eigenvalue weighted by Crippen LogP contribution is -2.38. The fourth-order valence-electron chi connectivity index (χ4n) is 2.90. The molecule has 0 heterocycles. The maximum Gasteiger partial charge on any atom is 0.329 e. The largest absolute Gasteiger partial charge is 0.493 e. The van der Waals surface area contributed by atoms with Crippen molar-refractivity contribution in [1.29, 1.82) is 0 Å². The minimum absolute atomic E-state index is 0.110. The number of amides is 3. The van der Waals surface area contributed by atoms with Gasteiger partial charge in [-0.05, 0) is 85.2 Å². The zero-order valence-corrected chi connectivity index (χ0v) is 23.9. The van der Waals surface area contributed by atoms with Crippen LogP contribution in [0.5, 0.6) is 11.5 Å². The van der Waals surface area contributed by atoms with Gasteiger partial charge in [-0.25, -0.2) is 5.43 Å². The Hall–Kier alpha value is -2.90. The molecule has 0 saturated heterocycles. The van der Waals surface area contributed by atoms with Gasteiger partial charge < -0.3 is 24.8 Å². The van der Waals surface area contributed by atoms with Gasteiger partial charge in [0.1, 0.15) is 0 Å². The van der Waals surface area contributed by atoms with Crippen LogP contribution in [0.3, 0.4) is 0 Å². The lowest BCUT2D eigenvalue weighted by molar-refractivity contribution is -0.139. The maximum atomic E-state index is 12.4. The predicted molar refractivity (Wildman–Crippen MR) is 150 cm³/mol. The highest BCUT2D eigenvalue weighted by atomic mass is 127. The van der Waals surface area contributed by atoms with Crippen LogP contribution >= 0.6 is 34.2 Å². The van der Waals surface area contributed by atoms with E-state index in [2.05, 4.69) is 21.2 Å². The molecule has 0 aliphatic rings. The van der Waals surface area contributed by atoms with Crippen LogP contribution in [0, 0.1) is 10.5 Å². The Kier molecular flexibility index (Phi) is 12.6. The zero-order valence-electron chi connectivity index (χ0n) is 21.0. The van der Waals surface area contributed by atoms with Gasteiger partial charge in [0, 0.05) is 23.9 Å². The Bertz CT molecular complexity index is 1140. The first kappa shape index (κ1) is 30.3. The van der Waals surface area contributed by atoms with E-state index in [0.29, 0.717) is 50.9 Å². The first-order valence-corrected chi connectivity index (χ1v) is 12.9. The number of benzene rings is 2. The van der Waals surface area contributed by atoms with Crippen molar-refractivity contribution in [3.05, 3.63) is 50.1 Å². The van der Waals surface area contributed by atoms with Crippen molar-refractivity contribution in [3.8, 4) is 11.5 Å². The van der Waals surface area contributed by atoms with E-state index in [1.54, 1.807) is 24.3 Å². The molecule has 3 amide bonds. The van der Waals surface area contributed by atoms with Gasteiger partial charge >= 0.3 is 11.8 Å². The lowest BCUT2D eigenvalue weighted by Gasteiger charge is -2.14. The van der Waals surface area contributed by atoms with E-state index in [1.807, 2.05) is 49.4 Å². The van der Waals surface area contributed by atoms with Crippen molar-refractivity contribution in [2.45, 2.75) is 33.3 Å². The average Bonchev–Trinajstić information content (AvgIpc) is 2.84. The molecule has 0 aliphatic carbocycles. The van der Waals surface area contributed by atoms with Crippen LogP contribution in [0.25, 0.3) is 0 Å². The number of hydrogen-bond acceptors (Lipinski definition) is 7. The van der Waals surface area contributed by atoms with Gasteiger partial charge in [0.05, 0.1) is 23.0 Å². The van der Waals surface area contributed by atoms with Crippen LogP contribution in [0.1, 0.15) is 31.4 Å². The number of hydrogen-bond donors (Lipinski definition) is 3.